The average Bonchev–Trinajstić information content (AvgIpc) is 3.04. The first kappa shape index (κ1) is 16.1. The summed E-state index contributed by atoms with van der Waals surface area (Å²) >= 11 is 0. The van der Waals surface area contributed by atoms with E-state index in [2.05, 4.69) is 17.2 Å². The Balaban J connectivity index is 1.72. The quantitative estimate of drug-likeness (QED) is 0.873. The fourth-order valence-corrected chi connectivity index (χ4v) is 3.99. The van der Waals surface area contributed by atoms with Crippen LogP contribution in [0.15, 0.2) is 24.3 Å². The van der Waals surface area contributed by atoms with E-state index in [9.17, 15) is 9.90 Å². The molecule has 0 bridgehead atoms. The number of methoxy groups -OCH3 is 1. The van der Waals surface area contributed by atoms with E-state index in [0.29, 0.717) is 5.92 Å². The zero-order valence-corrected chi connectivity index (χ0v) is 14.4. The highest BCUT2D eigenvalue weighted by atomic mass is 16.5. The van der Waals surface area contributed by atoms with Gasteiger partial charge in [-0.15, -0.1) is 0 Å². The van der Waals surface area contributed by atoms with Crippen LogP contribution in [0.4, 0.5) is 0 Å². The summed E-state index contributed by atoms with van der Waals surface area (Å²) in [7, 11) is 1.65. The second-order valence-electron chi connectivity index (χ2n) is 7.14. The summed E-state index contributed by atoms with van der Waals surface area (Å²) in [6, 6.07) is 8.01. The number of benzene rings is 1. The number of rotatable bonds is 6. The van der Waals surface area contributed by atoms with E-state index in [1.165, 1.54) is 12.8 Å². The van der Waals surface area contributed by atoms with Crippen molar-refractivity contribution in [1.29, 1.82) is 0 Å². The van der Waals surface area contributed by atoms with Crippen LogP contribution >= 0.6 is 0 Å². The maximum absolute atomic E-state index is 11.3. The van der Waals surface area contributed by atoms with Crippen LogP contribution in [0.1, 0.15) is 61.7 Å². The van der Waals surface area contributed by atoms with Crippen LogP contribution in [0, 0.1) is 0 Å². The van der Waals surface area contributed by atoms with Gasteiger partial charge in [-0.05, 0) is 43.4 Å². The smallest absolute Gasteiger partial charge is 0.325 e. The number of nitrogens with zero attached hydrogens (tertiary/aromatic N) is 3. The summed E-state index contributed by atoms with van der Waals surface area (Å²) in [5, 5.41) is 13.9. The zero-order valence-electron chi connectivity index (χ0n) is 14.4. The molecule has 6 heteroatoms. The monoisotopic (exact) mass is 341 g/mol. The molecule has 4 rings (SSSR count). The maximum atomic E-state index is 11.3. The third-order valence-electron chi connectivity index (χ3n) is 5.51. The predicted molar refractivity (Wildman–Crippen MR) is 91.9 cm³/mol. The summed E-state index contributed by atoms with van der Waals surface area (Å²) in [4.78, 5) is 16.2. The van der Waals surface area contributed by atoms with Crippen molar-refractivity contribution >= 4 is 5.97 Å². The highest BCUT2D eigenvalue weighted by molar-refractivity contribution is 5.66. The Morgan fingerprint density at radius 2 is 1.96 bits per heavy atom. The minimum absolute atomic E-state index is 0.132. The molecule has 1 N–H and O–H groups in total. The third-order valence-corrected chi connectivity index (χ3v) is 5.51. The van der Waals surface area contributed by atoms with Gasteiger partial charge in [-0.2, -0.15) is 5.10 Å². The summed E-state index contributed by atoms with van der Waals surface area (Å²) in [5.41, 5.74) is 0.955. The number of carbonyl (C=O) groups is 1. The molecule has 2 aromatic rings. The minimum atomic E-state index is -0.880. The van der Waals surface area contributed by atoms with E-state index >= 15 is 0 Å². The van der Waals surface area contributed by atoms with Gasteiger partial charge in [0.15, 0.2) is 5.82 Å². The molecule has 1 heterocycles. The van der Waals surface area contributed by atoms with E-state index in [0.717, 1.165) is 48.6 Å². The highest BCUT2D eigenvalue weighted by Crippen LogP contribution is 2.53. The van der Waals surface area contributed by atoms with Gasteiger partial charge in [-0.25, -0.2) is 9.67 Å². The first-order chi connectivity index (χ1) is 12.1. The number of aromatic nitrogens is 3. The second kappa shape index (κ2) is 6.17. The van der Waals surface area contributed by atoms with Crippen LogP contribution in [0.2, 0.25) is 0 Å². The number of carboxylic acids is 1. The lowest BCUT2D eigenvalue weighted by atomic mass is 9.94. The first-order valence-electron chi connectivity index (χ1n) is 8.94. The Hall–Kier alpha value is -2.37. The van der Waals surface area contributed by atoms with Crippen molar-refractivity contribution in [2.45, 2.75) is 56.4 Å². The standard InChI is InChI=1S/C19H23N3O3/c1-25-15-8-6-14(7-9-15)19(10-11-19)18-20-17(13-4-2-3-5-13)21-22(18)12-16(23)24/h6-9,13H,2-5,10-12H2,1H3,(H,23,24). The number of carboxylic acid groups (broad SMARTS) is 1. The van der Waals surface area contributed by atoms with Gasteiger partial charge in [0.1, 0.15) is 18.1 Å². The molecule has 1 aromatic heterocycles. The summed E-state index contributed by atoms with van der Waals surface area (Å²) < 4.78 is 6.86. The van der Waals surface area contributed by atoms with Crippen molar-refractivity contribution in [3.63, 3.8) is 0 Å². The van der Waals surface area contributed by atoms with Gasteiger partial charge in [0.05, 0.1) is 12.5 Å². The lowest BCUT2D eigenvalue weighted by molar-refractivity contribution is -0.137. The molecule has 0 unspecified atom stereocenters. The fraction of sp³-hybridized carbons (Fsp3) is 0.526. The van der Waals surface area contributed by atoms with Gasteiger partial charge in [0.2, 0.25) is 0 Å². The molecule has 0 aliphatic heterocycles. The molecule has 2 saturated carbocycles. The Bertz CT molecular complexity index is 772. The molecule has 2 fully saturated rings. The number of hydrogen-bond acceptors (Lipinski definition) is 4. The third kappa shape index (κ3) is 2.90. The van der Waals surface area contributed by atoms with E-state index in [1.807, 2.05) is 12.1 Å². The van der Waals surface area contributed by atoms with Gasteiger partial charge in [0, 0.05) is 5.92 Å². The molecule has 0 atom stereocenters. The van der Waals surface area contributed by atoms with Crippen molar-refractivity contribution in [3.05, 3.63) is 41.5 Å². The van der Waals surface area contributed by atoms with Crippen LogP contribution < -0.4 is 4.74 Å². The molecule has 25 heavy (non-hydrogen) atoms. The molecule has 0 spiro atoms. The van der Waals surface area contributed by atoms with Crippen LogP contribution in [-0.4, -0.2) is 33.0 Å². The normalized spacial score (nSPS) is 19.1. The van der Waals surface area contributed by atoms with E-state index in [1.54, 1.807) is 11.8 Å². The Labute approximate surface area is 146 Å². The summed E-state index contributed by atoms with van der Waals surface area (Å²) in [6.45, 7) is -0.132. The zero-order chi connectivity index (χ0) is 17.4. The van der Waals surface area contributed by atoms with Crippen LogP contribution in [-0.2, 0) is 16.8 Å². The van der Waals surface area contributed by atoms with E-state index in [-0.39, 0.29) is 12.0 Å². The van der Waals surface area contributed by atoms with Crippen molar-refractivity contribution in [2.24, 2.45) is 0 Å². The molecule has 132 valence electrons. The number of aliphatic carboxylic acids is 1. The molecule has 6 nitrogen and oxygen atoms in total. The van der Waals surface area contributed by atoms with Crippen LogP contribution in [0.5, 0.6) is 5.75 Å². The van der Waals surface area contributed by atoms with Crippen molar-refractivity contribution in [3.8, 4) is 5.75 Å². The SMILES string of the molecule is COc1ccc(C2(c3nc(C4CCCC4)nn3CC(=O)O)CC2)cc1. The van der Waals surface area contributed by atoms with Gasteiger partial charge in [-0.1, -0.05) is 25.0 Å². The van der Waals surface area contributed by atoms with Crippen LogP contribution in [0.25, 0.3) is 0 Å². The maximum Gasteiger partial charge on any atom is 0.325 e. The lowest BCUT2D eigenvalue weighted by Crippen LogP contribution is -2.20. The molecule has 0 amide bonds. The fourth-order valence-electron chi connectivity index (χ4n) is 3.99. The largest absolute Gasteiger partial charge is 0.497 e. The molecule has 0 radical (unpaired) electrons. The van der Waals surface area contributed by atoms with Gasteiger partial charge in [-0.3, -0.25) is 4.79 Å². The number of ether oxygens (including phenoxy) is 1. The predicted octanol–water partition coefficient (Wildman–Crippen LogP) is 3.11. The average molecular weight is 341 g/mol. The second-order valence-corrected chi connectivity index (χ2v) is 7.14. The van der Waals surface area contributed by atoms with E-state index < -0.39 is 5.97 Å². The van der Waals surface area contributed by atoms with Crippen molar-refractivity contribution < 1.29 is 14.6 Å². The highest BCUT2D eigenvalue weighted by Gasteiger charge is 2.50. The van der Waals surface area contributed by atoms with Gasteiger partial charge in [0.25, 0.3) is 0 Å². The topological polar surface area (TPSA) is 77.2 Å². The van der Waals surface area contributed by atoms with Crippen molar-refractivity contribution in [1.82, 2.24) is 14.8 Å². The molecule has 2 aliphatic rings. The van der Waals surface area contributed by atoms with E-state index in [4.69, 9.17) is 9.72 Å². The molecule has 0 saturated heterocycles. The molecule has 1 aromatic carbocycles. The lowest BCUT2D eigenvalue weighted by Gasteiger charge is -2.16. The van der Waals surface area contributed by atoms with Crippen LogP contribution in [0.3, 0.4) is 0 Å². The van der Waals surface area contributed by atoms with Gasteiger partial charge >= 0.3 is 5.97 Å². The Kier molecular flexibility index (Phi) is 3.98. The minimum Gasteiger partial charge on any atom is -0.497 e. The molecular weight excluding hydrogens is 318 g/mol. The summed E-state index contributed by atoms with van der Waals surface area (Å²) in [6.07, 6.45) is 6.57. The number of hydrogen-bond donors (Lipinski definition) is 1. The Morgan fingerprint density at radius 1 is 1.28 bits per heavy atom. The molecular formula is C19H23N3O3. The van der Waals surface area contributed by atoms with Crippen molar-refractivity contribution in [2.75, 3.05) is 7.11 Å². The molecule has 2 aliphatic carbocycles. The first-order valence-corrected chi connectivity index (χ1v) is 8.94. The van der Waals surface area contributed by atoms with Gasteiger partial charge < -0.3 is 9.84 Å². The Morgan fingerprint density at radius 3 is 2.52 bits per heavy atom. The summed E-state index contributed by atoms with van der Waals surface area (Å²) in [5.74, 6) is 1.95.